The molecule has 0 spiro atoms. The zero-order chi connectivity index (χ0) is 15.8. The molecule has 0 aliphatic heterocycles. The Morgan fingerprint density at radius 1 is 0.652 bits per heavy atom. The molecular formula is C22H19N. The van der Waals surface area contributed by atoms with Crippen LogP contribution in [-0.2, 0) is 0 Å². The van der Waals surface area contributed by atoms with Gasteiger partial charge in [0.05, 0.1) is 0 Å². The summed E-state index contributed by atoms with van der Waals surface area (Å²) in [6, 6.07) is 26.0. The van der Waals surface area contributed by atoms with Crippen molar-refractivity contribution in [1.29, 1.82) is 0 Å². The highest BCUT2D eigenvalue weighted by Crippen LogP contribution is 2.28. The fourth-order valence-electron chi connectivity index (χ4n) is 3.06. The van der Waals surface area contributed by atoms with Crippen LogP contribution in [0, 0.1) is 13.8 Å². The van der Waals surface area contributed by atoms with Gasteiger partial charge < -0.3 is 4.98 Å². The van der Waals surface area contributed by atoms with Gasteiger partial charge in [-0.2, -0.15) is 0 Å². The fraction of sp³-hybridized carbons (Fsp3) is 0.0909. The van der Waals surface area contributed by atoms with Crippen LogP contribution < -0.4 is 0 Å². The van der Waals surface area contributed by atoms with Crippen molar-refractivity contribution in [3.63, 3.8) is 0 Å². The molecule has 4 rings (SSSR count). The van der Waals surface area contributed by atoms with Crippen molar-refractivity contribution in [3.05, 3.63) is 83.9 Å². The number of aryl methyl sites for hydroxylation is 2. The average Bonchev–Trinajstić information content (AvgIpc) is 3.06. The Morgan fingerprint density at radius 2 is 1.35 bits per heavy atom. The Balaban J connectivity index is 1.77. The molecule has 1 heteroatoms. The van der Waals surface area contributed by atoms with Gasteiger partial charge in [0.15, 0.2) is 0 Å². The van der Waals surface area contributed by atoms with Crippen LogP contribution in [0.1, 0.15) is 11.1 Å². The van der Waals surface area contributed by atoms with Gasteiger partial charge in [0.25, 0.3) is 0 Å². The van der Waals surface area contributed by atoms with Crippen molar-refractivity contribution in [2.24, 2.45) is 0 Å². The standard InChI is InChI=1S/C22H19N/c1-15-6-8-18(9-7-15)21-12-13-22(23-21)19-11-10-17-5-3-4-16(2)20(17)14-19/h3-14,23H,1-2H3. The second kappa shape index (κ2) is 5.44. The summed E-state index contributed by atoms with van der Waals surface area (Å²) in [6.45, 7) is 4.28. The highest BCUT2D eigenvalue weighted by atomic mass is 14.7. The van der Waals surface area contributed by atoms with Gasteiger partial charge in [0, 0.05) is 11.4 Å². The van der Waals surface area contributed by atoms with Gasteiger partial charge in [-0.05, 0) is 59.5 Å². The molecule has 1 nitrogen and oxygen atoms in total. The fourth-order valence-corrected chi connectivity index (χ4v) is 3.06. The topological polar surface area (TPSA) is 15.8 Å². The molecule has 0 amide bonds. The van der Waals surface area contributed by atoms with E-state index in [1.165, 1.54) is 33.0 Å². The van der Waals surface area contributed by atoms with Gasteiger partial charge >= 0.3 is 0 Å². The van der Waals surface area contributed by atoms with Crippen molar-refractivity contribution in [1.82, 2.24) is 4.98 Å². The molecule has 0 saturated heterocycles. The first-order valence-electron chi connectivity index (χ1n) is 7.96. The second-order valence-corrected chi connectivity index (χ2v) is 6.16. The smallest absolute Gasteiger partial charge is 0.0458 e. The minimum atomic E-state index is 1.16. The molecule has 0 saturated carbocycles. The first-order chi connectivity index (χ1) is 11.2. The van der Waals surface area contributed by atoms with Crippen LogP contribution in [0.25, 0.3) is 33.3 Å². The van der Waals surface area contributed by atoms with Gasteiger partial charge in [0.1, 0.15) is 0 Å². The third kappa shape index (κ3) is 2.55. The number of hydrogen-bond acceptors (Lipinski definition) is 0. The Morgan fingerprint density at radius 3 is 2.13 bits per heavy atom. The van der Waals surface area contributed by atoms with Crippen molar-refractivity contribution < 1.29 is 0 Å². The van der Waals surface area contributed by atoms with E-state index < -0.39 is 0 Å². The first kappa shape index (κ1) is 13.8. The molecule has 23 heavy (non-hydrogen) atoms. The lowest BCUT2D eigenvalue weighted by Crippen LogP contribution is -1.83. The molecule has 4 aromatic rings. The second-order valence-electron chi connectivity index (χ2n) is 6.16. The van der Waals surface area contributed by atoms with E-state index in [0.29, 0.717) is 0 Å². The van der Waals surface area contributed by atoms with Crippen molar-refractivity contribution in [3.8, 4) is 22.5 Å². The van der Waals surface area contributed by atoms with Crippen LogP contribution in [0.3, 0.4) is 0 Å². The number of aromatic amines is 1. The highest BCUT2D eigenvalue weighted by Gasteiger charge is 2.05. The zero-order valence-corrected chi connectivity index (χ0v) is 13.4. The quantitative estimate of drug-likeness (QED) is 0.459. The van der Waals surface area contributed by atoms with E-state index in [-0.39, 0.29) is 0 Å². The van der Waals surface area contributed by atoms with Gasteiger partial charge in [-0.1, -0.05) is 60.2 Å². The summed E-state index contributed by atoms with van der Waals surface area (Å²) in [7, 11) is 0. The molecule has 1 heterocycles. The summed E-state index contributed by atoms with van der Waals surface area (Å²) in [5.41, 5.74) is 7.36. The third-order valence-electron chi connectivity index (χ3n) is 4.46. The summed E-state index contributed by atoms with van der Waals surface area (Å²) in [6.07, 6.45) is 0. The zero-order valence-electron chi connectivity index (χ0n) is 13.4. The lowest BCUT2D eigenvalue weighted by atomic mass is 10.0. The lowest BCUT2D eigenvalue weighted by Gasteiger charge is -2.05. The monoisotopic (exact) mass is 297 g/mol. The van der Waals surface area contributed by atoms with E-state index in [1.54, 1.807) is 0 Å². The number of aromatic nitrogens is 1. The van der Waals surface area contributed by atoms with Crippen LogP contribution in [0.15, 0.2) is 72.8 Å². The number of hydrogen-bond donors (Lipinski definition) is 1. The van der Waals surface area contributed by atoms with Crippen LogP contribution in [-0.4, -0.2) is 4.98 Å². The Labute approximate surface area is 136 Å². The maximum absolute atomic E-state index is 3.55. The van der Waals surface area contributed by atoms with Gasteiger partial charge in [0.2, 0.25) is 0 Å². The molecule has 112 valence electrons. The van der Waals surface area contributed by atoms with Gasteiger partial charge in [-0.25, -0.2) is 0 Å². The predicted octanol–water partition coefficient (Wildman–Crippen LogP) is 6.12. The maximum atomic E-state index is 3.55. The van der Waals surface area contributed by atoms with Crippen LogP contribution >= 0.6 is 0 Å². The van der Waals surface area contributed by atoms with Crippen LogP contribution in [0.5, 0.6) is 0 Å². The predicted molar refractivity (Wildman–Crippen MR) is 98.6 cm³/mol. The van der Waals surface area contributed by atoms with Crippen LogP contribution in [0.2, 0.25) is 0 Å². The minimum Gasteiger partial charge on any atom is -0.355 e. The summed E-state index contributed by atoms with van der Waals surface area (Å²) in [5, 5.41) is 2.61. The summed E-state index contributed by atoms with van der Waals surface area (Å²) in [5.74, 6) is 0. The van der Waals surface area contributed by atoms with E-state index >= 15 is 0 Å². The number of nitrogens with one attached hydrogen (secondary N) is 1. The normalized spacial score (nSPS) is 11.0. The van der Waals surface area contributed by atoms with E-state index in [0.717, 1.165) is 11.4 Å². The number of benzene rings is 3. The van der Waals surface area contributed by atoms with E-state index in [9.17, 15) is 0 Å². The average molecular weight is 297 g/mol. The Bertz CT molecular complexity index is 974. The first-order valence-corrected chi connectivity index (χ1v) is 7.96. The van der Waals surface area contributed by atoms with E-state index in [2.05, 4.69) is 91.6 Å². The number of fused-ring (bicyclic) bond motifs is 1. The highest BCUT2D eigenvalue weighted by molar-refractivity contribution is 5.89. The molecule has 3 aromatic carbocycles. The molecular weight excluding hydrogens is 278 g/mol. The largest absolute Gasteiger partial charge is 0.355 e. The Kier molecular flexibility index (Phi) is 3.27. The third-order valence-corrected chi connectivity index (χ3v) is 4.46. The molecule has 0 unspecified atom stereocenters. The van der Waals surface area contributed by atoms with Gasteiger partial charge in [-0.15, -0.1) is 0 Å². The van der Waals surface area contributed by atoms with Crippen molar-refractivity contribution >= 4 is 10.8 Å². The SMILES string of the molecule is Cc1ccc(-c2ccc(-c3ccc4cccc(C)c4c3)[nH]2)cc1. The lowest BCUT2D eigenvalue weighted by molar-refractivity contribution is 1.38. The summed E-state index contributed by atoms with van der Waals surface area (Å²) >= 11 is 0. The van der Waals surface area contributed by atoms with Crippen molar-refractivity contribution in [2.75, 3.05) is 0 Å². The molecule has 0 aliphatic rings. The summed E-state index contributed by atoms with van der Waals surface area (Å²) < 4.78 is 0. The summed E-state index contributed by atoms with van der Waals surface area (Å²) in [4.78, 5) is 3.55. The molecule has 1 aromatic heterocycles. The number of H-pyrrole nitrogens is 1. The van der Waals surface area contributed by atoms with E-state index in [4.69, 9.17) is 0 Å². The van der Waals surface area contributed by atoms with Crippen molar-refractivity contribution in [2.45, 2.75) is 13.8 Å². The molecule has 0 aliphatic carbocycles. The van der Waals surface area contributed by atoms with E-state index in [1.807, 2.05) is 0 Å². The van der Waals surface area contributed by atoms with Crippen LogP contribution in [0.4, 0.5) is 0 Å². The molecule has 0 bridgehead atoms. The maximum Gasteiger partial charge on any atom is 0.0458 e. The number of rotatable bonds is 2. The molecule has 1 N–H and O–H groups in total. The van der Waals surface area contributed by atoms with Gasteiger partial charge in [-0.3, -0.25) is 0 Å². The molecule has 0 atom stereocenters. The Hall–Kier alpha value is -2.80. The molecule has 0 fully saturated rings. The molecule has 0 radical (unpaired) electrons. The minimum absolute atomic E-state index is 1.16.